The van der Waals surface area contributed by atoms with Crippen LogP contribution in [0.5, 0.6) is 0 Å². The summed E-state index contributed by atoms with van der Waals surface area (Å²) in [7, 11) is 0. The summed E-state index contributed by atoms with van der Waals surface area (Å²) in [6.45, 7) is 3.22. The summed E-state index contributed by atoms with van der Waals surface area (Å²) in [5.41, 5.74) is 0.571. The minimum Gasteiger partial charge on any atom is -0.294 e. The number of hydrogen-bond donors (Lipinski definition) is 0. The Bertz CT molecular complexity index is 586. The van der Waals surface area contributed by atoms with E-state index in [0.717, 1.165) is 0 Å². The molecule has 0 aliphatic rings. The number of carbonyl (C=O) groups is 1. The fourth-order valence-electron chi connectivity index (χ4n) is 1.81. The van der Waals surface area contributed by atoms with Crippen LogP contribution in [0.15, 0.2) is 36.7 Å². The zero-order valence-corrected chi connectivity index (χ0v) is 10.7. The van der Waals surface area contributed by atoms with E-state index < -0.39 is 28.9 Å². The van der Waals surface area contributed by atoms with Crippen molar-refractivity contribution in [2.45, 2.75) is 13.8 Å². The highest BCUT2D eigenvalue weighted by Crippen LogP contribution is 2.25. The first-order valence-electron chi connectivity index (χ1n) is 5.94. The van der Waals surface area contributed by atoms with Crippen molar-refractivity contribution in [3.63, 3.8) is 0 Å². The first-order chi connectivity index (χ1) is 9.00. The number of rotatable bonds is 3. The van der Waals surface area contributed by atoms with Gasteiger partial charge in [0.15, 0.2) is 5.78 Å². The molecule has 1 aromatic carbocycles. The number of Topliss-reactive ketones (excluding diaryl/α,β-unsaturated/α-hetero) is 1. The highest BCUT2D eigenvalue weighted by Gasteiger charge is 2.21. The molecular formula is C15H13F2NO. The summed E-state index contributed by atoms with van der Waals surface area (Å²) in [6, 6.07) is 5.65. The Morgan fingerprint density at radius 1 is 1.05 bits per heavy atom. The summed E-state index contributed by atoms with van der Waals surface area (Å²) in [5.74, 6) is -2.64. The molecule has 2 rings (SSSR count). The Labute approximate surface area is 110 Å². The number of pyridine rings is 1. The van der Waals surface area contributed by atoms with Crippen molar-refractivity contribution < 1.29 is 13.6 Å². The van der Waals surface area contributed by atoms with Crippen LogP contribution >= 0.6 is 0 Å². The van der Waals surface area contributed by atoms with Crippen molar-refractivity contribution in [3.8, 4) is 11.1 Å². The van der Waals surface area contributed by atoms with Crippen LogP contribution < -0.4 is 0 Å². The normalized spacial score (nSPS) is 10.8. The lowest BCUT2D eigenvalue weighted by Crippen LogP contribution is -2.12. The number of carbonyl (C=O) groups excluding carboxylic acids is 1. The molecule has 19 heavy (non-hydrogen) atoms. The van der Waals surface area contributed by atoms with E-state index in [4.69, 9.17) is 0 Å². The minimum absolute atomic E-state index is 0.387. The van der Waals surface area contributed by atoms with E-state index in [2.05, 4.69) is 4.98 Å². The standard InChI is InChI=1S/C15H13F2NO/c1-9(2)15(19)14-12(16)7-11(8-13(14)17)10-3-5-18-6-4-10/h3-9H,1-2H3. The van der Waals surface area contributed by atoms with E-state index in [1.54, 1.807) is 38.4 Å². The molecule has 0 radical (unpaired) electrons. The van der Waals surface area contributed by atoms with Crippen LogP contribution in [-0.4, -0.2) is 10.8 Å². The second-order valence-corrected chi connectivity index (χ2v) is 4.57. The number of nitrogens with zero attached hydrogens (tertiary/aromatic N) is 1. The van der Waals surface area contributed by atoms with Crippen LogP contribution in [0.4, 0.5) is 8.78 Å². The van der Waals surface area contributed by atoms with Crippen LogP contribution in [0, 0.1) is 17.6 Å². The maximum Gasteiger partial charge on any atom is 0.171 e. The maximum absolute atomic E-state index is 13.9. The third-order valence-corrected chi connectivity index (χ3v) is 2.83. The molecule has 0 unspecified atom stereocenters. The molecular weight excluding hydrogens is 248 g/mol. The Morgan fingerprint density at radius 2 is 1.58 bits per heavy atom. The topological polar surface area (TPSA) is 30.0 Å². The van der Waals surface area contributed by atoms with Gasteiger partial charge in [0.2, 0.25) is 0 Å². The summed E-state index contributed by atoms with van der Waals surface area (Å²) in [6.07, 6.45) is 3.08. The van der Waals surface area contributed by atoms with E-state index >= 15 is 0 Å². The van der Waals surface area contributed by atoms with E-state index in [0.29, 0.717) is 11.1 Å². The Kier molecular flexibility index (Phi) is 3.69. The van der Waals surface area contributed by atoms with Crippen molar-refractivity contribution in [3.05, 3.63) is 53.9 Å². The summed E-state index contributed by atoms with van der Waals surface area (Å²) in [5, 5.41) is 0. The van der Waals surface area contributed by atoms with Crippen molar-refractivity contribution in [1.29, 1.82) is 0 Å². The predicted molar refractivity (Wildman–Crippen MR) is 68.8 cm³/mol. The lowest BCUT2D eigenvalue weighted by atomic mass is 9.97. The summed E-state index contributed by atoms with van der Waals surface area (Å²) in [4.78, 5) is 15.6. The molecule has 4 heteroatoms. The lowest BCUT2D eigenvalue weighted by Gasteiger charge is -2.09. The minimum atomic E-state index is -0.828. The van der Waals surface area contributed by atoms with Gasteiger partial charge in [-0.3, -0.25) is 9.78 Å². The van der Waals surface area contributed by atoms with Crippen LogP contribution in [0.3, 0.4) is 0 Å². The first-order valence-corrected chi connectivity index (χ1v) is 5.94. The van der Waals surface area contributed by atoms with Gasteiger partial charge in [-0.05, 0) is 35.4 Å². The highest BCUT2D eigenvalue weighted by atomic mass is 19.1. The molecule has 0 spiro atoms. The largest absolute Gasteiger partial charge is 0.294 e. The highest BCUT2D eigenvalue weighted by molar-refractivity contribution is 5.98. The van der Waals surface area contributed by atoms with Gasteiger partial charge in [-0.2, -0.15) is 0 Å². The number of benzene rings is 1. The number of aromatic nitrogens is 1. The van der Waals surface area contributed by atoms with Gasteiger partial charge in [-0.25, -0.2) is 8.78 Å². The molecule has 0 fully saturated rings. The summed E-state index contributed by atoms with van der Waals surface area (Å²) >= 11 is 0. The Hall–Kier alpha value is -2.10. The molecule has 2 nitrogen and oxygen atoms in total. The molecule has 98 valence electrons. The third kappa shape index (κ3) is 2.67. The second kappa shape index (κ2) is 5.26. The molecule has 0 saturated heterocycles. The molecule has 1 heterocycles. The average molecular weight is 261 g/mol. The molecule has 0 saturated carbocycles. The maximum atomic E-state index is 13.9. The molecule has 0 N–H and O–H groups in total. The SMILES string of the molecule is CC(C)C(=O)c1c(F)cc(-c2ccncc2)cc1F. The van der Waals surface area contributed by atoms with E-state index in [-0.39, 0.29) is 0 Å². The molecule has 2 aromatic rings. The number of halogens is 2. The fourth-order valence-corrected chi connectivity index (χ4v) is 1.81. The number of ketones is 1. The zero-order chi connectivity index (χ0) is 14.0. The van der Waals surface area contributed by atoms with Gasteiger partial charge in [0, 0.05) is 18.3 Å². The van der Waals surface area contributed by atoms with E-state index in [9.17, 15) is 13.6 Å². The molecule has 0 aliphatic carbocycles. The smallest absolute Gasteiger partial charge is 0.171 e. The van der Waals surface area contributed by atoms with Gasteiger partial charge in [-0.15, -0.1) is 0 Å². The quantitative estimate of drug-likeness (QED) is 0.785. The Morgan fingerprint density at radius 3 is 2.05 bits per heavy atom. The van der Waals surface area contributed by atoms with Crippen LogP contribution in [0.25, 0.3) is 11.1 Å². The van der Waals surface area contributed by atoms with Gasteiger partial charge in [0.05, 0.1) is 5.56 Å². The van der Waals surface area contributed by atoms with Crippen molar-refractivity contribution >= 4 is 5.78 Å². The Balaban J connectivity index is 2.52. The van der Waals surface area contributed by atoms with Gasteiger partial charge in [0.1, 0.15) is 11.6 Å². The van der Waals surface area contributed by atoms with Gasteiger partial charge in [0.25, 0.3) is 0 Å². The molecule has 1 aromatic heterocycles. The summed E-state index contributed by atoms with van der Waals surface area (Å²) < 4.78 is 27.9. The van der Waals surface area contributed by atoms with Crippen molar-refractivity contribution in [1.82, 2.24) is 4.98 Å². The van der Waals surface area contributed by atoms with Crippen molar-refractivity contribution in [2.24, 2.45) is 5.92 Å². The lowest BCUT2D eigenvalue weighted by molar-refractivity contribution is 0.0931. The van der Waals surface area contributed by atoms with E-state index in [1.165, 1.54) is 12.1 Å². The third-order valence-electron chi connectivity index (χ3n) is 2.83. The zero-order valence-electron chi connectivity index (χ0n) is 10.7. The van der Waals surface area contributed by atoms with Gasteiger partial charge < -0.3 is 0 Å². The monoisotopic (exact) mass is 261 g/mol. The van der Waals surface area contributed by atoms with Crippen LogP contribution in [0.2, 0.25) is 0 Å². The van der Waals surface area contributed by atoms with Gasteiger partial charge >= 0.3 is 0 Å². The van der Waals surface area contributed by atoms with Gasteiger partial charge in [-0.1, -0.05) is 13.8 Å². The molecule has 0 amide bonds. The second-order valence-electron chi connectivity index (χ2n) is 4.57. The fraction of sp³-hybridized carbons (Fsp3) is 0.200. The molecule has 0 atom stereocenters. The average Bonchev–Trinajstić information content (AvgIpc) is 2.38. The predicted octanol–water partition coefficient (Wildman–Crippen LogP) is 3.87. The van der Waals surface area contributed by atoms with Crippen LogP contribution in [-0.2, 0) is 0 Å². The number of hydrogen-bond acceptors (Lipinski definition) is 2. The first kappa shape index (κ1) is 13.3. The molecule has 0 bridgehead atoms. The van der Waals surface area contributed by atoms with Crippen molar-refractivity contribution in [2.75, 3.05) is 0 Å². The van der Waals surface area contributed by atoms with Crippen LogP contribution in [0.1, 0.15) is 24.2 Å². The molecule has 0 aliphatic heterocycles. The van der Waals surface area contributed by atoms with E-state index in [1.807, 2.05) is 0 Å².